The van der Waals surface area contributed by atoms with Crippen molar-refractivity contribution in [2.45, 2.75) is 25.7 Å². The van der Waals surface area contributed by atoms with Crippen LogP contribution in [0.1, 0.15) is 25.7 Å². The van der Waals surface area contributed by atoms with E-state index in [0.29, 0.717) is 11.5 Å². The van der Waals surface area contributed by atoms with Crippen LogP contribution in [0.4, 0.5) is 11.5 Å². The third-order valence-electron chi connectivity index (χ3n) is 3.84. The van der Waals surface area contributed by atoms with Gasteiger partial charge in [-0.05, 0) is 25.0 Å². The number of pyridine rings is 1. The fourth-order valence-corrected chi connectivity index (χ4v) is 2.92. The van der Waals surface area contributed by atoms with Crippen molar-refractivity contribution in [2.75, 3.05) is 10.6 Å². The Kier molecular flexibility index (Phi) is 2.54. The fraction of sp³-hybridized carbons (Fsp3) is 0.462. The average Bonchev–Trinajstić information content (AvgIpc) is 2.64. The maximum Gasteiger partial charge on any atom is 0.238 e. The first-order valence-corrected chi connectivity index (χ1v) is 6.28. The second-order valence-electron chi connectivity index (χ2n) is 4.96. The predicted octanol–water partition coefficient (Wildman–Crippen LogP) is 1.34. The van der Waals surface area contributed by atoms with E-state index in [1.165, 1.54) is 11.1 Å². The molecule has 2 heterocycles. The van der Waals surface area contributed by atoms with Gasteiger partial charge in [0, 0.05) is 0 Å². The molecule has 2 aliphatic rings. The third kappa shape index (κ3) is 1.58. The highest BCUT2D eigenvalue weighted by Gasteiger charge is 2.49. The molecule has 5 nitrogen and oxygen atoms in total. The Balaban J connectivity index is 1.95. The Labute approximate surface area is 105 Å². The zero-order valence-corrected chi connectivity index (χ0v) is 10.0. The summed E-state index contributed by atoms with van der Waals surface area (Å²) in [5, 5.41) is 0. The summed E-state index contributed by atoms with van der Waals surface area (Å²) in [6.45, 7) is 0. The molecular weight excluding hydrogens is 230 g/mol. The zero-order chi connectivity index (χ0) is 12.7. The number of hydrogen-bond donors (Lipinski definition) is 1. The molecule has 2 fully saturated rings. The van der Waals surface area contributed by atoms with Gasteiger partial charge in [-0.2, -0.15) is 0 Å². The Hall–Kier alpha value is -1.91. The van der Waals surface area contributed by atoms with Crippen LogP contribution in [0.25, 0.3) is 0 Å². The fourth-order valence-electron chi connectivity index (χ4n) is 2.92. The van der Waals surface area contributed by atoms with Gasteiger partial charge >= 0.3 is 0 Å². The largest absolute Gasteiger partial charge is 0.397 e. The lowest BCUT2D eigenvalue weighted by atomic mass is 9.81. The molecule has 1 aliphatic carbocycles. The van der Waals surface area contributed by atoms with E-state index >= 15 is 0 Å². The minimum atomic E-state index is -0.134. The van der Waals surface area contributed by atoms with Crippen LogP contribution in [-0.4, -0.2) is 16.8 Å². The first kappa shape index (κ1) is 11.2. The van der Waals surface area contributed by atoms with Gasteiger partial charge < -0.3 is 5.73 Å². The molecule has 0 spiro atoms. The van der Waals surface area contributed by atoms with Crippen LogP contribution in [0.5, 0.6) is 0 Å². The van der Waals surface area contributed by atoms with E-state index in [9.17, 15) is 9.59 Å². The summed E-state index contributed by atoms with van der Waals surface area (Å²) in [7, 11) is 0. The lowest BCUT2D eigenvalue weighted by Gasteiger charge is -2.19. The molecule has 1 aromatic rings. The number of carbonyl (C=O) groups excluding carboxylic acids is 2. The van der Waals surface area contributed by atoms with E-state index < -0.39 is 0 Å². The highest BCUT2D eigenvalue weighted by atomic mass is 16.2. The van der Waals surface area contributed by atoms with Crippen LogP contribution in [0.15, 0.2) is 18.3 Å². The van der Waals surface area contributed by atoms with Crippen molar-refractivity contribution in [1.82, 2.24) is 4.98 Å². The number of nitrogens with zero attached hydrogens (tertiary/aromatic N) is 2. The van der Waals surface area contributed by atoms with Gasteiger partial charge in [0.15, 0.2) is 0 Å². The van der Waals surface area contributed by atoms with E-state index in [-0.39, 0.29) is 23.7 Å². The van der Waals surface area contributed by atoms with Gasteiger partial charge in [0.05, 0.1) is 23.7 Å². The van der Waals surface area contributed by atoms with Crippen molar-refractivity contribution in [1.29, 1.82) is 0 Å². The summed E-state index contributed by atoms with van der Waals surface area (Å²) in [6.07, 6.45) is 5.17. The number of imide groups is 1. The number of nitrogens with two attached hydrogens (primary N) is 1. The van der Waals surface area contributed by atoms with E-state index in [2.05, 4.69) is 4.98 Å². The Bertz CT molecular complexity index is 473. The van der Waals surface area contributed by atoms with Crippen LogP contribution in [0, 0.1) is 11.8 Å². The van der Waals surface area contributed by atoms with Crippen LogP contribution in [0.2, 0.25) is 0 Å². The third-order valence-corrected chi connectivity index (χ3v) is 3.84. The van der Waals surface area contributed by atoms with Gasteiger partial charge in [-0.25, -0.2) is 9.88 Å². The maximum atomic E-state index is 12.3. The topological polar surface area (TPSA) is 76.3 Å². The number of hydrogen-bond acceptors (Lipinski definition) is 4. The minimum absolute atomic E-state index is 0.0954. The molecule has 2 atom stereocenters. The highest BCUT2D eigenvalue weighted by Crippen LogP contribution is 2.39. The highest BCUT2D eigenvalue weighted by molar-refractivity contribution is 6.21. The first-order chi connectivity index (χ1) is 8.68. The maximum absolute atomic E-state index is 12.3. The lowest BCUT2D eigenvalue weighted by molar-refractivity contribution is -0.122. The average molecular weight is 245 g/mol. The van der Waals surface area contributed by atoms with Crippen molar-refractivity contribution in [3.63, 3.8) is 0 Å². The van der Waals surface area contributed by atoms with Gasteiger partial charge in [-0.15, -0.1) is 0 Å². The van der Waals surface area contributed by atoms with Crippen molar-refractivity contribution in [3.05, 3.63) is 18.3 Å². The predicted molar refractivity (Wildman–Crippen MR) is 66.6 cm³/mol. The number of anilines is 2. The second-order valence-corrected chi connectivity index (χ2v) is 4.96. The Morgan fingerprint density at radius 3 is 2.22 bits per heavy atom. The number of amides is 2. The SMILES string of the molecule is Nc1ccc(N2C(=O)C3CCCCC3C2=O)nc1. The lowest BCUT2D eigenvalue weighted by Crippen LogP contribution is -2.31. The molecule has 5 heteroatoms. The van der Waals surface area contributed by atoms with Crippen LogP contribution >= 0.6 is 0 Å². The van der Waals surface area contributed by atoms with Crippen molar-refractivity contribution in [2.24, 2.45) is 11.8 Å². The molecule has 2 N–H and O–H groups in total. The van der Waals surface area contributed by atoms with E-state index in [4.69, 9.17) is 5.73 Å². The molecule has 0 radical (unpaired) electrons. The van der Waals surface area contributed by atoms with Gasteiger partial charge in [-0.1, -0.05) is 12.8 Å². The molecule has 94 valence electrons. The van der Waals surface area contributed by atoms with Crippen molar-refractivity contribution in [3.8, 4) is 0 Å². The minimum Gasteiger partial charge on any atom is -0.397 e. The monoisotopic (exact) mass is 245 g/mol. The molecule has 0 bridgehead atoms. The van der Waals surface area contributed by atoms with Gasteiger partial charge in [-0.3, -0.25) is 9.59 Å². The molecule has 0 aromatic carbocycles. The van der Waals surface area contributed by atoms with Gasteiger partial charge in [0.1, 0.15) is 5.82 Å². The van der Waals surface area contributed by atoms with E-state index in [1.54, 1.807) is 12.1 Å². The van der Waals surface area contributed by atoms with E-state index in [1.807, 2.05) is 0 Å². The molecule has 1 saturated heterocycles. The van der Waals surface area contributed by atoms with E-state index in [0.717, 1.165) is 25.7 Å². The summed E-state index contributed by atoms with van der Waals surface area (Å²) in [4.78, 5) is 29.9. The second kappa shape index (κ2) is 4.08. The summed E-state index contributed by atoms with van der Waals surface area (Å²) >= 11 is 0. The number of nitrogen functional groups attached to an aromatic ring is 1. The van der Waals surface area contributed by atoms with Crippen LogP contribution in [-0.2, 0) is 9.59 Å². The summed E-state index contributed by atoms with van der Waals surface area (Å²) in [6, 6.07) is 3.29. The normalized spacial score (nSPS) is 27.4. The smallest absolute Gasteiger partial charge is 0.238 e. The molecule has 1 aliphatic heterocycles. The van der Waals surface area contributed by atoms with Crippen molar-refractivity contribution >= 4 is 23.3 Å². The van der Waals surface area contributed by atoms with Crippen LogP contribution in [0.3, 0.4) is 0 Å². The quantitative estimate of drug-likeness (QED) is 0.757. The molecule has 1 aromatic heterocycles. The number of carbonyl (C=O) groups is 2. The Morgan fingerprint density at radius 2 is 1.72 bits per heavy atom. The summed E-state index contributed by atoms with van der Waals surface area (Å²) in [5.74, 6) is -0.0613. The molecule has 2 amide bonds. The zero-order valence-electron chi connectivity index (χ0n) is 10.0. The Morgan fingerprint density at radius 1 is 1.11 bits per heavy atom. The van der Waals surface area contributed by atoms with Gasteiger partial charge in [0.25, 0.3) is 0 Å². The van der Waals surface area contributed by atoms with Crippen molar-refractivity contribution < 1.29 is 9.59 Å². The molecule has 1 saturated carbocycles. The summed E-state index contributed by atoms with van der Waals surface area (Å²) in [5.41, 5.74) is 6.08. The molecule has 18 heavy (non-hydrogen) atoms. The molecular formula is C13H15N3O2. The first-order valence-electron chi connectivity index (χ1n) is 6.28. The number of fused-ring (bicyclic) bond motifs is 1. The van der Waals surface area contributed by atoms with Crippen LogP contribution < -0.4 is 10.6 Å². The molecule has 3 rings (SSSR count). The summed E-state index contributed by atoms with van der Waals surface area (Å²) < 4.78 is 0. The number of aromatic nitrogens is 1. The number of rotatable bonds is 1. The standard InChI is InChI=1S/C13H15N3O2/c14-8-5-6-11(15-7-8)16-12(17)9-3-1-2-4-10(9)13(16)18/h5-7,9-10H,1-4,14H2. The molecule has 2 unspecified atom stereocenters. The van der Waals surface area contributed by atoms with Gasteiger partial charge in [0.2, 0.25) is 11.8 Å².